The molecular formula is C18H20N2O3S2. The molecule has 0 saturated heterocycles. The molecule has 1 aliphatic heterocycles. The summed E-state index contributed by atoms with van der Waals surface area (Å²) in [7, 11) is -3.74. The van der Waals surface area contributed by atoms with E-state index in [1.807, 2.05) is 32.9 Å². The molecule has 2 aromatic rings. The van der Waals surface area contributed by atoms with Crippen LogP contribution in [-0.4, -0.2) is 20.1 Å². The average Bonchev–Trinajstić information content (AvgIpc) is 2.70. The number of sulfonamides is 1. The van der Waals surface area contributed by atoms with Gasteiger partial charge in [-0.3, -0.25) is 9.52 Å². The summed E-state index contributed by atoms with van der Waals surface area (Å²) in [4.78, 5) is 13.0. The van der Waals surface area contributed by atoms with E-state index in [0.29, 0.717) is 17.1 Å². The fraction of sp³-hybridized carbons (Fsp3) is 0.278. The van der Waals surface area contributed by atoms with E-state index in [0.717, 1.165) is 16.0 Å². The molecular weight excluding hydrogens is 356 g/mol. The molecule has 5 nitrogen and oxygen atoms in total. The Kier molecular flexibility index (Phi) is 4.79. The molecule has 0 bridgehead atoms. The van der Waals surface area contributed by atoms with Crippen molar-refractivity contribution in [2.45, 2.75) is 30.6 Å². The van der Waals surface area contributed by atoms with Gasteiger partial charge in [-0.2, -0.15) is 0 Å². The Bertz CT molecular complexity index is 939. The number of nitrogens with one attached hydrogen (secondary N) is 2. The molecule has 25 heavy (non-hydrogen) atoms. The van der Waals surface area contributed by atoms with E-state index in [-0.39, 0.29) is 16.7 Å². The Morgan fingerprint density at radius 3 is 2.72 bits per heavy atom. The first kappa shape index (κ1) is 17.8. The summed E-state index contributed by atoms with van der Waals surface area (Å²) < 4.78 is 28.1. The van der Waals surface area contributed by atoms with Crippen molar-refractivity contribution in [1.82, 2.24) is 0 Å². The first-order chi connectivity index (χ1) is 11.8. The van der Waals surface area contributed by atoms with Crippen molar-refractivity contribution in [3.8, 4) is 0 Å². The molecule has 0 fully saturated rings. The van der Waals surface area contributed by atoms with Crippen LogP contribution in [0.25, 0.3) is 0 Å². The summed E-state index contributed by atoms with van der Waals surface area (Å²) in [5, 5.41) is 2.82. The molecule has 0 aliphatic carbocycles. The zero-order chi connectivity index (χ0) is 18.2. The average molecular weight is 377 g/mol. The van der Waals surface area contributed by atoms with Gasteiger partial charge in [0, 0.05) is 16.6 Å². The maximum Gasteiger partial charge on any atom is 0.261 e. The highest BCUT2D eigenvalue weighted by atomic mass is 32.2. The van der Waals surface area contributed by atoms with Gasteiger partial charge in [-0.05, 0) is 49.2 Å². The number of hydrogen-bond donors (Lipinski definition) is 2. The Balaban J connectivity index is 1.95. The lowest BCUT2D eigenvalue weighted by Gasteiger charge is -2.14. The van der Waals surface area contributed by atoms with E-state index in [9.17, 15) is 13.2 Å². The summed E-state index contributed by atoms with van der Waals surface area (Å²) in [5.41, 5.74) is 3.00. The fourth-order valence-electron chi connectivity index (χ4n) is 2.51. The predicted molar refractivity (Wildman–Crippen MR) is 102 cm³/mol. The zero-order valence-electron chi connectivity index (χ0n) is 14.3. The summed E-state index contributed by atoms with van der Waals surface area (Å²) >= 11 is 1.55. The van der Waals surface area contributed by atoms with Crippen LogP contribution in [0.2, 0.25) is 0 Å². The van der Waals surface area contributed by atoms with Gasteiger partial charge < -0.3 is 5.32 Å². The van der Waals surface area contributed by atoms with Crippen LogP contribution in [0.4, 0.5) is 11.4 Å². The van der Waals surface area contributed by atoms with Gasteiger partial charge in [0.15, 0.2) is 0 Å². The number of rotatable bonds is 3. The molecule has 1 heterocycles. The number of amides is 1. The smallest absolute Gasteiger partial charge is 0.261 e. The molecule has 2 aromatic carbocycles. The van der Waals surface area contributed by atoms with Crippen molar-refractivity contribution in [2.75, 3.05) is 15.8 Å². The van der Waals surface area contributed by atoms with Gasteiger partial charge in [0.25, 0.3) is 10.0 Å². The highest BCUT2D eigenvalue weighted by Crippen LogP contribution is 2.34. The van der Waals surface area contributed by atoms with Crippen molar-refractivity contribution in [1.29, 1.82) is 0 Å². The number of anilines is 2. The number of thioether (sulfide) groups is 1. The number of fused-ring (bicyclic) bond motifs is 1. The quantitative estimate of drug-likeness (QED) is 0.855. The molecule has 0 radical (unpaired) electrons. The molecule has 1 aliphatic rings. The molecule has 0 spiro atoms. The van der Waals surface area contributed by atoms with Crippen LogP contribution in [0.5, 0.6) is 0 Å². The number of aryl methyl sites for hydroxylation is 1. The Hall–Kier alpha value is -1.99. The van der Waals surface area contributed by atoms with Crippen molar-refractivity contribution in [3.05, 3.63) is 47.5 Å². The summed E-state index contributed by atoms with van der Waals surface area (Å²) in [6.45, 7) is 5.67. The molecule has 1 atom stereocenters. The van der Waals surface area contributed by atoms with E-state index < -0.39 is 10.0 Å². The topological polar surface area (TPSA) is 75.3 Å². The lowest BCUT2D eigenvalue weighted by molar-refractivity contribution is -0.118. The second-order valence-corrected chi connectivity index (χ2v) is 8.96. The molecule has 0 aromatic heterocycles. The van der Waals surface area contributed by atoms with Gasteiger partial charge in [-0.1, -0.05) is 19.1 Å². The molecule has 7 heteroatoms. The Labute approximate surface area is 152 Å². The van der Waals surface area contributed by atoms with Gasteiger partial charge in [-0.15, -0.1) is 11.8 Å². The summed E-state index contributed by atoms with van der Waals surface area (Å²) in [6, 6.07) is 10.3. The SMILES string of the molecule is Cc1cccc(NS(=O)(=O)c2ccc3c(c2)NC(=O)C(C)CS3)c1C. The van der Waals surface area contributed by atoms with E-state index in [1.54, 1.807) is 30.0 Å². The van der Waals surface area contributed by atoms with Gasteiger partial charge in [0.05, 0.1) is 16.3 Å². The van der Waals surface area contributed by atoms with Gasteiger partial charge in [0.2, 0.25) is 5.91 Å². The van der Waals surface area contributed by atoms with Crippen LogP contribution in [-0.2, 0) is 14.8 Å². The van der Waals surface area contributed by atoms with E-state index >= 15 is 0 Å². The standard InChI is InChI=1S/C18H20N2O3S2/c1-11-5-4-6-15(13(11)3)20-25(22,23)14-7-8-17-16(9-14)19-18(21)12(2)10-24-17/h4-9,12,20H,10H2,1-3H3,(H,19,21). The van der Waals surface area contributed by atoms with Crippen molar-refractivity contribution in [3.63, 3.8) is 0 Å². The van der Waals surface area contributed by atoms with Crippen molar-refractivity contribution in [2.24, 2.45) is 5.92 Å². The van der Waals surface area contributed by atoms with Crippen LogP contribution in [0.15, 0.2) is 46.2 Å². The Morgan fingerprint density at radius 1 is 1.20 bits per heavy atom. The largest absolute Gasteiger partial charge is 0.325 e. The Morgan fingerprint density at radius 2 is 1.96 bits per heavy atom. The minimum absolute atomic E-state index is 0.0942. The third kappa shape index (κ3) is 3.67. The zero-order valence-corrected chi connectivity index (χ0v) is 15.9. The minimum atomic E-state index is -3.74. The summed E-state index contributed by atoms with van der Waals surface area (Å²) in [5.74, 6) is 0.458. The summed E-state index contributed by atoms with van der Waals surface area (Å²) in [6.07, 6.45) is 0. The van der Waals surface area contributed by atoms with Crippen LogP contribution in [0.3, 0.4) is 0 Å². The second kappa shape index (κ2) is 6.72. The van der Waals surface area contributed by atoms with Crippen molar-refractivity contribution >= 4 is 39.1 Å². The first-order valence-electron chi connectivity index (χ1n) is 7.94. The normalized spacial score (nSPS) is 17.4. The molecule has 1 unspecified atom stereocenters. The van der Waals surface area contributed by atoms with Crippen LogP contribution in [0, 0.1) is 19.8 Å². The van der Waals surface area contributed by atoms with Gasteiger partial charge >= 0.3 is 0 Å². The highest BCUT2D eigenvalue weighted by Gasteiger charge is 2.23. The van der Waals surface area contributed by atoms with E-state index in [4.69, 9.17) is 0 Å². The highest BCUT2D eigenvalue weighted by molar-refractivity contribution is 7.99. The fourth-order valence-corrected chi connectivity index (χ4v) is 4.67. The third-order valence-electron chi connectivity index (χ3n) is 4.30. The number of carbonyl (C=O) groups is 1. The van der Waals surface area contributed by atoms with Crippen LogP contribution >= 0.6 is 11.8 Å². The van der Waals surface area contributed by atoms with E-state index in [2.05, 4.69) is 10.0 Å². The van der Waals surface area contributed by atoms with Gasteiger partial charge in [0.1, 0.15) is 0 Å². The second-order valence-electron chi connectivity index (χ2n) is 6.21. The van der Waals surface area contributed by atoms with Crippen molar-refractivity contribution < 1.29 is 13.2 Å². The lowest BCUT2D eigenvalue weighted by Crippen LogP contribution is -2.20. The van der Waals surface area contributed by atoms with Gasteiger partial charge in [-0.25, -0.2) is 8.42 Å². The third-order valence-corrected chi connectivity index (χ3v) is 7.00. The first-order valence-corrected chi connectivity index (χ1v) is 10.4. The number of hydrogen-bond acceptors (Lipinski definition) is 4. The molecule has 2 N–H and O–H groups in total. The monoisotopic (exact) mass is 376 g/mol. The lowest BCUT2D eigenvalue weighted by atomic mass is 10.1. The van der Waals surface area contributed by atoms with Crippen LogP contribution < -0.4 is 10.0 Å². The minimum Gasteiger partial charge on any atom is -0.325 e. The number of benzene rings is 2. The molecule has 0 saturated carbocycles. The molecule has 132 valence electrons. The maximum absolute atomic E-state index is 12.8. The maximum atomic E-state index is 12.8. The van der Waals surface area contributed by atoms with Crippen LogP contribution in [0.1, 0.15) is 18.1 Å². The predicted octanol–water partition coefficient (Wildman–Crippen LogP) is 3.78. The molecule has 1 amide bonds. The number of carbonyl (C=O) groups excluding carboxylic acids is 1. The molecule has 3 rings (SSSR count). The van der Waals surface area contributed by atoms with E-state index in [1.165, 1.54) is 6.07 Å².